The van der Waals surface area contributed by atoms with Crippen molar-refractivity contribution < 1.29 is 9.47 Å². The molecule has 1 aromatic carbocycles. The van der Waals surface area contributed by atoms with E-state index >= 15 is 0 Å². The molecule has 31 heavy (non-hydrogen) atoms. The second kappa shape index (κ2) is 10.0. The molecule has 0 radical (unpaired) electrons. The largest absolute Gasteiger partial charge is 0.493 e. The van der Waals surface area contributed by atoms with Crippen LogP contribution in [0.5, 0.6) is 11.5 Å². The van der Waals surface area contributed by atoms with Crippen molar-refractivity contribution in [2.75, 3.05) is 27.3 Å². The summed E-state index contributed by atoms with van der Waals surface area (Å²) in [6.07, 6.45) is 8.68. The lowest BCUT2D eigenvalue weighted by Crippen LogP contribution is -2.47. The molecule has 0 atom stereocenters. The summed E-state index contributed by atoms with van der Waals surface area (Å²) in [5.74, 6) is 3.60. The molecule has 0 bridgehead atoms. The average molecular weight is 427 g/mol. The number of nitrogens with one attached hydrogen (secondary N) is 1. The molecular formula is C23H34N6O2. The molecule has 8 nitrogen and oxygen atoms in total. The summed E-state index contributed by atoms with van der Waals surface area (Å²) in [4.78, 5) is 7.38. The Hall–Kier alpha value is -2.77. The number of hydrogen-bond donors (Lipinski definition) is 1. The standard InChI is InChI=1S/C23H34N6O2/c1-4-22-27-25-16-29(22)12-10-24-23(26-19-7-5-6-8-19)28-11-9-17-13-20(30-2)21(31-3)14-18(17)15-28/h13-14,16,19H,4-12,15H2,1-3H3,(H,24,26). The van der Waals surface area contributed by atoms with Crippen molar-refractivity contribution >= 4 is 5.96 Å². The van der Waals surface area contributed by atoms with E-state index in [-0.39, 0.29) is 0 Å². The highest BCUT2D eigenvalue weighted by molar-refractivity contribution is 5.80. The van der Waals surface area contributed by atoms with Crippen molar-refractivity contribution in [3.63, 3.8) is 0 Å². The van der Waals surface area contributed by atoms with Crippen molar-refractivity contribution in [2.24, 2.45) is 4.99 Å². The maximum atomic E-state index is 5.53. The number of benzene rings is 1. The average Bonchev–Trinajstić information content (AvgIpc) is 3.48. The number of aryl methyl sites for hydroxylation is 1. The van der Waals surface area contributed by atoms with Gasteiger partial charge in [-0.05, 0) is 42.5 Å². The van der Waals surface area contributed by atoms with E-state index in [1.54, 1.807) is 20.5 Å². The summed E-state index contributed by atoms with van der Waals surface area (Å²) in [6.45, 7) is 5.36. The van der Waals surface area contributed by atoms with E-state index in [0.717, 1.165) is 55.8 Å². The Labute approximate surface area is 184 Å². The first-order chi connectivity index (χ1) is 15.2. The normalized spacial score (nSPS) is 17.0. The van der Waals surface area contributed by atoms with Gasteiger partial charge in [0.1, 0.15) is 12.2 Å². The van der Waals surface area contributed by atoms with Crippen molar-refractivity contribution in [2.45, 2.75) is 64.6 Å². The van der Waals surface area contributed by atoms with Gasteiger partial charge in [0.2, 0.25) is 0 Å². The SMILES string of the molecule is CCc1nncn1CCN=C(NC1CCCC1)N1CCc2cc(OC)c(OC)cc2C1. The first-order valence-corrected chi connectivity index (χ1v) is 11.4. The fraction of sp³-hybridized carbons (Fsp3) is 0.609. The summed E-state index contributed by atoms with van der Waals surface area (Å²) in [5, 5.41) is 12.0. The molecule has 1 aliphatic heterocycles. The van der Waals surface area contributed by atoms with E-state index in [1.807, 2.05) is 0 Å². The molecule has 1 aromatic heterocycles. The van der Waals surface area contributed by atoms with Gasteiger partial charge < -0.3 is 24.3 Å². The van der Waals surface area contributed by atoms with E-state index in [0.29, 0.717) is 12.6 Å². The second-order valence-corrected chi connectivity index (χ2v) is 8.27. The minimum atomic E-state index is 0.520. The highest BCUT2D eigenvalue weighted by Gasteiger charge is 2.24. The molecule has 4 rings (SSSR count). The quantitative estimate of drug-likeness (QED) is 0.542. The summed E-state index contributed by atoms with van der Waals surface area (Å²) in [5.41, 5.74) is 2.60. The van der Waals surface area contributed by atoms with Gasteiger partial charge in [0, 0.05) is 32.1 Å². The number of aliphatic imine (C=N–C) groups is 1. The van der Waals surface area contributed by atoms with Crippen LogP contribution in [0.25, 0.3) is 0 Å². The summed E-state index contributed by atoms with van der Waals surface area (Å²) >= 11 is 0. The molecule has 0 unspecified atom stereocenters. The van der Waals surface area contributed by atoms with Crippen LogP contribution >= 0.6 is 0 Å². The van der Waals surface area contributed by atoms with E-state index in [4.69, 9.17) is 14.5 Å². The van der Waals surface area contributed by atoms with Gasteiger partial charge in [-0.25, -0.2) is 0 Å². The van der Waals surface area contributed by atoms with E-state index in [9.17, 15) is 0 Å². The number of aromatic nitrogens is 3. The lowest BCUT2D eigenvalue weighted by molar-refractivity contribution is 0.344. The zero-order valence-corrected chi connectivity index (χ0v) is 18.9. The zero-order valence-electron chi connectivity index (χ0n) is 18.9. The van der Waals surface area contributed by atoms with Crippen LogP contribution in [0.4, 0.5) is 0 Å². The minimum Gasteiger partial charge on any atom is -0.493 e. The van der Waals surface area contributed by atoms with E-state index in [2.05, 4.69) is 44.0 Å². The van der Waals surface area contributed by atoms with Crippen LogP contribution in [0, 0.1) is 0 Å². The molecular weight excluding hydrogens is 392 g/mol. The number of ether oxygens (including phenoxy) is 2. The van der Waals surface area contributed by atoms with Crippen LogP contribution in [-0.2, 0) is 25.9 Å². The molecule has 8 heteroatoms. The first kappa shape index (κ1) is 21.5. The van der Waals surface area contributed by atoms with Gasteiger partial charge in [-0.2, -0.15) is 0 Å². The number of rotatable bonds is 7. The Bertz CT molecular complexity index is 903. The number of guanidine groups is 1. The van der Waals surface area contributed by atoms with Gasteiger partial charge in [0.05, 0.1) is 20.8 Å². The van der Waals surface area contributed by atoms with Crippen molar-refractivity contribution in [3.8, 4) is 11.5 Å². The molecule has 1 fully saturated rings. The third-order valence-corrected chi connectivity index (χ3v) is 6.32. The molecule has 1 aliphatic carbocycles. The number of fused-ring (bicyclic) bond motifs is 1. The van der Waals surface area contributed by atoms with Crippen LogP contribution in [0.2, 0.25) is 0 Å². The van der Waals surface area contributed by atoms with Gasteiger partial charge in [0.25, 0.3) is 0 Å². The lowest BCUT2D eigenvalue weighted by Gasteiger charge is -2.33. The maximum absolute atomic E-state index is 5.53. The monoisotopic (exact) mass is 426 g/mol. The fourth-order valence-electron chi connectivity index (χ4n) is 4.56. The second-order valence-electron chi connectivity index (χ2n) is 8.27. The minimum absolute atomic E-state index is 0.520. The molecule has 0 amide bonds. The Morgan fingerprint density at radius 3 is 2.61 bits per heavy atom. The predicted molar refractivity (Wildman–Crippen MR) is 121 cm³/mol. The molecule has 1 N–H and O–H groups in total. The van der Waals surface area contributed by atoms with Crippen molar-refractivity contribution in [1.29, 1.82) is 0 Å². The van der Waals surface area contributed by atoms with Gasteiger partial charge >= 0.3 is 0 Å². The van der Waals surface area contributed by atoms with Gasteiger partial charge in [-0.3, -0.25) is 4.99 Å². The molecule has 2 aromatic rings. The Morgan fingerprint density at radius 2 is 1.90 bits per heavy atom. The van der Waals surface area contributed by atoms with Gasteiger partial charge in [-0.15, -0.1) is 10.2 Å². The first-order valence-electron chi connectivity index (χ1n) is 11.4. The van der Waals surface area contributed by atoms with Gasteiger partial charge in [-0.1, -0.05) is 19.8 Å². The predicted octanol–water partition coefficient (Wildman–Crippen LogP) is 2.80. The summed E-state index contributed by atoms with van der Waals surface area (Å²) < 4.78 is 13.1. The number of methoxy groups -OCH3 is 2. The summed E-state index contributed by atoms with van der Waals surface area (Å²) in [7, 11) is 3.38. The Kier molecular flexibility index (Phi) is 6.94. The summed E-state index contributed by atoms with van der Waals surface area (Å²) in [6, 6.07) is 4.75. The van der Waals surface area contributed by atoms with Crippen molar-refractivity contribution in [1.82, 2.24) is 25.0 Å². The smallest absolute Gasteiger partial charge is 0.194 e. The Balaban J connectivity index is 1.51. The van der Waals surface area contributed by atoms with Crippen LogP contribution in [0.3, 0.4) is 0 Å². The molecule has 168 valence electrons. The molecule has 1 saturated carbocycles. The molecule has 0 spiro atoms. The van der Waals surface area contributed by atoms with E-state index in [1.165, 1.54) is 36.8 Å². The highest BCUT2D eigenvalue weighted by atomic mass is 16.5. The van der Waals surface area contributed by atoms with Crippen molar-refractivity contribution in [3.05, 3.63) is 35.4 Å². The van der Waals surface area contributed by atoms with Crippen LogP contribution < -0.4 is 14.8 Å². The molecule has 0 saturated heterocycles. The maximum Gasteiger partial charge on any atom is 0.194 e. The van der Waals surface area contributed by atoms with E-state index < -0.39 is 0 Å². The third kappa shape index (κ3) is 4.94. The fourth-order valence-corrected chi connectivity index (χ4v) is 4.56. The lowest BCUT2D eigenvalue weighted by atomic mass is 9.99. The molecule has 2 heterocycles. The van der Waals surface area contributed by atoms with Crippen LogP contribution in [0.15, 0.2) is 23.5 Å². The highest BCUT2D eigenvalue weighted by Crippen LogP contribution is 2.33. The number of hydrogen-bond acceptors (Lipinski definition) is 5. The number of nitrogens with zero attached hydrogens (tertiary/aromatic N) is 5. The van der Waals surface area contributed by atoms with Crippen LogP contribution in [0.1, 0.15) is 49.6 Å². The Morgan fingerprint density at radius 1 is 1.16 bits per heavy atom. The zero-order chi connectivity index (χ0) is 21.6. The topological polar surface area (TPSA) is 76.8 Å². The molecule has 2 aliphatic rings. The third-order valence-electron chi connectivity index (χ3n) is 6.32. The van der Waals surface area contributed by atoms with Gasteiger partial charge in [0.15, 0.2) is 17.5 Å². The van der Waals surface area contributed by atoms with Crippen LogP contribution in [-0.4, -0.2) is 59.0 Å².